The van der Waals surface area contributed by atoms with Crippen LogP contribution in [0.25, 0.3) is 11.5 Å². The molecule has 0 amide bonds. The zero-order chi connectivity index (χ0) is 10.1. The molecule has 1 unspecified atom stereocenters. The summed E-state index contributed by atoms with van der Waals surface area (Å²) in [5.74, 6) is 1.06. The second-order valence-corrected chi connectivity index (χ2v) is 6.17. The van der Waals surface area contributed by atoms with Crippen LogP contribution >= 0.6 is 45.5 Å². The Balaban J connectivity index is 2.33. The molecule has 14 heavy (non-hydrogen) atoms. The highest BCUT2D eigenvalue weighted by Gasteiger charge is 2.13. The van der Waals surface area contributed by atoms with Gasteiger partial charge in [0.15, 0.2) is 5.82 Å². The van der Waals surface area contributed by atoms with Crippen molar-refractivity contribution < 1.29 is 4.52 Å². The minimum Gasteiger partial charge on any atom is -0.334 e. The normalized spacial score (nSPS) is 13.1. The van der Waals surface area contributed by atoms with Crippen LogP contribution in [0.3, 0.4) is 0 Å². The number of hydrogen-bond donors (Lipinski definition) is 0. The molecule has 0 bridgehead atoms. The highest BCUT2D eigenvalue weighted by molar-refractivity contribution is 14.1. The first-order valence-electron chi connectivity index (χ1n) is 3.89. The standard InChI is InChI=1S/C8H6ClIN2OS/c1-4(9)7-11-8(13-12-7)5-2-6(10)14-3-5/h2-4H,1H3. The molecule has 0 saturated heterocycles. The Labute approximate surface area is 104 Å². The Kier molecular flexibility index (Phi) is 3.08. The molecule has 0 fully saturated rings. The van der Waals surface area contributed by atoms with E-state index in [1.165, 1.54) is 2.88 Å². The van der Waals surface area contributed by atoms with Gasteiger partial charge in [-0.2, -0.15) is 4.98 Å². The predicted molar refractivity (Wildman–Crippen MR) is 64.6 cm³/mol. The zero-order valence-corrected chi connectivity index (χ0v) is 10.9. The van der Waals surface area contributed by atoms with Gasteiger partial charge in [0.25, 0.3) is 5.89 Å². The summed E-state index contributed by atoms with van der Waals surface area (Å²) in [5.41, 5.74) is 0.954. The molecular formula is C8H6ClIN2OS. The number of thiophene rings is 1. The topological polar surface area (TPSA) is 38.9 Å². The van der Waals surface area contributed by atoms with Gasteiger partial charge >= 0.3 is 0 Å². The summed E-state index contributed by atoms with van der Waals surface area (Å²) in [5, 5.41) is 5.55. The molecule has 2 aromatic rings. The molecule has 0 aliphatic heterocycles. The molecule has 0 N–H and O–H groups in total. The fourth-order valence-corrected chi connectivity index (χ4v) is 2.34. The molecule has 2 heterocycles. The summed E-state index contributed by atoms with van der Waals surface area (Å²) in [7, 11) is 0. The van der Waals surface area contributed by atoms with Crippen molar-refractivity contribution in [2.75, 3.05) is 0 Å². The van der Waals surface area contributed by atoms with Crippen LogP contribution in [0, 0.1) is 2.88 Å². The highest BCUT2D eigenvalue weighted by Crippen LogP contribution is 2.26. The van der Waals surface area contributed by atoms with E-state index in [4.69, 9.17) is 16.1 Å². The van der Waals surface area contributed by atoms with E-state index >= 15 is 0 Å². The van der Waals surface area contributed by atoms with E-state index in [9.17, 15) is 0 Å². The maximum absolute atomic E-state index is 5.83. The minimum absolute atomic E-state index is 0.217. The molecule has 2 aromatic heterocycles. The fourth-order valence-electron chi connectivity index (χ4n) is 0.936. The number of alkyl halides is 1. The number of halogens is 2. The smallest absolute Gasteiger partial charge is 0.258 e. The number of rotatable bonds is 2. The van der Waals surface area contributed by atoms with Crippen LogP contribution in [0.1, 0.15) is 18.1 Å². The Morgan fingerprint density at radius 3 is 2.93 bits per heavy atom. The van der Waals surface area contributed by atoms with Crippen LogP contribution in [0.15, 0.2) is 16.0 Å². The van der Waals surface area contributed by atoms with Crippen LogP contribution in [-0.2, 0) is 0 Å². The van der Waals surface area contributed by atoms with E-state index in [1.807, 2.05) is 18.4 Å². The van der Waals surface area contributed by atoms with Crippen LogP contribution in [0.5, 0.6) is 0 Å². The van der Waals surface area contributed by atoms with E-state index in [1.54, 1.807) is 11.3 Å². The van der Waals surface area contributed by atoms with Crippen LogP contribution in [-0.4, -0.2) is 10.1 Å². The summed E-state index contributed by atoms with van der Waals surface area (Å²) in [6.45, 7) is 1.81. The molecular weight excluding hydrogens is 335 g/mol. The Morgan fingerprint density at radius 1 is 1.64 bits per heavy atom. The van der Waals surface area contributed by atoms with Crippen molar-refractivity contribution in [1.82, 2.24) is 10.1 Å². The molecule has 6 heteroatoms. The van der Waals surface area contributed by atoms with Gasteiger partial charge in [-0.05, 0) is 35.6 Å². The van der Waals surface area contributed by atoms with Gasteiger partial charge in [0.1, 0.15) is 0 Å². The third kappa shape index (κ3) is 2.09. The molecule has 0 radical (unpaired) electrons. The van der Waals surface area contributed by atoms with Crippen molar-refractivity contribution in [2.45, 2.75) is 12.3 Å². The molecule has 74 valence electrons. The van der Waals surface area contributed by atoms with Gasteiger partial charge in [-0.1, -0.05) is 5.16 Å². The van der Waals surface area contributed by atoms with Crippen molar-refractivity contribution in [3.8, 4) is 11.5 Å². The van der Waals surface area contributed by atoms with Crippen molar-refractivity contribution >= 4 is 45.5 Å². The number of hydrogen-bond acceptors (Lipinski definition) is 4. The van der Waals surface area contributed by atoms with Gasteiger partial charge in [0.05, 0.1) is 13.8 Å². The van der Waals surface area contributed by atoms with E-state index < -0.39 is 0 Å². The van der Waals surface area contributed by atoms with Gasteiger partial charge in [0.2, 0.25) is 0 Å². The zero-order valence-electron chi connectivity index (χ0n) is 7.20. The fraction of sp³-hybridized carbons (Fsp3) is 0.250. The van der Waals surface area contributed by atoms with Crippen LogP contribution in [0.4, 0.5) is 0 Å². The van der Waals surface area contributed by atoms with Crippen LogP contribution < -0.4 is 0 Å². The first-order valence-corrected chi connectivity index (χ1v) is 6.28. The lowest BCUT2D eigenvalue weighted by molar-refractivity contribution is 0.422. The van der Waals surface area contributed by atoms with Crippen LogP contribution in [0.2, 0.25) is 0 Å². The quantitative estimate of drug-likeness (QED) is 0.618. The van der Waals surface area contributed by atoms with Crippen molar-refractivity contribution in [1.29, 1.82) is 0 Å². The molecule has 1 atom stereocenters. The predicted octanol–water partition coefficient (Wildman–Crippen LogP) is 3.70. The average molecular weight is 341 g/mol. The Bertz CT molecular complexity index is 440. The third-order valence-electron chi connectivity index (χ3n) is 1.61. The lowest BCUT2D eigenvalue weighted by atomic mass is 10.3. The SMILES string of the molecule is CC(Cl)c1noc(-c2csc(I)c2)n1. The summed E-state index contributed by atoms with van der Waals surface area (Å²) in [6, 6.07) is 2.00. The Hall–Kier alpha value is -0.140. The summed E-state index contributed by atoms with van der Waals surface area (Å²) in [6.07, 6.45) is 0. The summed E-state index contributed by atoms with van der Waals surface area (Å²) >= 11 is 9.72. The second kappa shape index (κ2) is 4.16. The van der Waals surface area contributed by atoms with E-state index in [-0.39, 0.29) is 5.38 Å². The lowest BCUT2D eigenvalue weighted by Gasteiger charge is -1.89. The molecule has 0 aliphatic rings. The minimum atomic E-state index is -0.217. The van der Waals surface area contributed by atoms with Crippen molar-refractivity contribution in [2.24, 2.45) is 0 Å². The highest BCUT2D eigenvalue weighted by atomic mass is 127. The number of nitrogens with zero attached hydrogens (tertiary/aromatic N) is 2. The molecule has 0 saturated carbocycles. The van der Waals surface area contributed by atoms with Gasteiger partial charge in [-0.25, -0.2) is 0 Å². The van der Waals surface area contributed by atoms with Gasteiger partial charge < -0.3 is 4.52 Å². The average Bonchev–Trinajstić information content (AvgIpc) is 2.70. The van der Waals surface area contributed by atoms with Crippen molar-refractivity contribution in [3.63, 3.8) is 0 Å². The first kappa shape index (κ1) is 10.4. The monoisotopic (exact) mass is 340 g/mol. The largest absolute Gasteiger partial charge is 0.334 e. The molecule has 0 aliphatic carbocycles. The maximum Gasteiger partial charge on any atom is 0.258 e. The summed E-state index contributed by atoms with van der Waals surface area (Å²) in [4.78, 5) is 4.19. The molecule has 0 spiro atoms. The third-order valence-corrected chi connectivity index (χ3v) is 3.60. The second-order valence-electron chi connectivity index (χ2n) is 2.71. The maximum atomic E-state index is 5.83. The first-order chi connectivity index (χ1) is 6.66. The van der Waals surface area contributed by atoms with Crippen molar-refractivity contribution in [3.05, 3.63) is 20.2 Å². The van der Waals surface area contributed by atoms with Gasteiger partial charge in [0, 0.05) is 5.38 Å². The van der Waals surface area contributed by atoms with E-state index in [2.05, 4.69) is 32.7 Å². The van der Waals surface area contributed by atoms with Gasteiger partial charge in [-0.3, -0.25) is 0 Å². The Morgan fingerprint density at radius 2 is 2.43 bits per heavy atom. The molecule has 3 nitrogen and oxygen atoms in total. The molecule has 0 aromatic carbocycles. The summed E-state index contributed by atoms with van der Waals surface area (Å²) < 4.78 is 6.27. The van der Waals surface area contributed by atoms with E-state index in [0.29, 0.717) is 11.7 Å². The number of aromatic nitrogens is 2. The lowest BCUT2D eigenvalue weighted by Crippen LogP contribution is -1.86. The molecule has 2 rings (SSSR count). The van der Waals surface area contributed by atoms with E-state index in [0.717, 1.165) is 5.56 Å². The van der Waals surface area contributed by atoms with Gasteiger partial charge in [-0.15, -0.1) is 22.9 Å².